The van der Waals surface area contributed by atoms with Crippen LogP contribution in [0.4, 0.5) is 0 Å². The maximum absolute atomic E-state index is 10.7. The lowest BCUT2D eigenvalue weighted by molar-refractivity contribution is 0.210. The molecular formula is C14H18N2O3S. The van der Waals surface area contributed by atoms with Crippen LogP contribution in [0.1, 0.15) is 42.0 Å². The molecule has 0 saturated carbocycles. The van der Waals surface area contributed by atoms with Crippen molar-refractivity contribution in [2.75, 3.05) is 14.2 Å². The molecule has 6 heteroatoms. The Morgan fingerprint density at radius 2 is 1.75 bits per heavy atom. The Labute approximate surface area is 122 Å². The van der Waals surface area contributed by atoms with Gasteiger partial charge in [-0.3, -0.25) is 0 Å². The molecule has 20 heavy (non-hydrogen) atoms. The van der Waals surface area contributed by atoms with E-state index in [2.05, 4.69) is 9.59 Å². The van der Waals surface area contributed by atoms with Crippen LogP contribution in [0.15, 0.2) is 18.2 Å². The Hall–Kier alpha value is -1.66. The minimum absolute atomic E-state index is 0.194. The maximum atomic E-state index is 10.7. The summed E-state index contributed by atoms with van der Waals surface area (Å²) in [5.41, 5.74) is 1.40. The van der Waals surface area contributed by atoms with E-state index < -0.39 is 6.10 Å². The molecule has 0 amide bonds. The van der Waals surface area contributed by atoms with Gasteiger partial charge in [0.25, 0.3) is 0 Å². The van der Waals surface area contributed by atoms with Crippen molar-refractivity contribution in [3.8, 4) is 11.5 Å². The smallest absolute Gasteiger partial charge is 0.128 e. The number of methoxy groups -OCH3 is 2. The number of aliphatic hydroxyl groups is 1. The first-order chi connectivity index (χ1) is 9.60. The molecule has 0 bridgehead atoms. The van der Waals surface area contributed by atoms with Gasteiger partial charge >= 0.3 is 0 Å². The molecule has 2 aromatic rings. The van der Waals surface area contributed by atoms with Crippen LogP contribution in [-0.2, 0) is 0 Å². The molecule has 1 aromatic carbocycles. The van der Waals surface area contributed by atoms with E-state index >= 15 is 0 Å². The highest BCUT2D eigenvalue weighted by Crippen LogP contribution is 2.40. The van der Waals surface area contributed by atoms with Gasteiger partial charge in [0.05, 0.1) is 30.4 Å². The van der Waals surface area contributed by atoms with Crippen molar-refractivity contribution >= 4 is 11.5 Å². The molecule has 0 aliphatic rings. The fourth-order valence-corrected chi connectivity index (χ4v) is 2.88. The van der Waals surface area contributed by atoms with E-state index in [-0.39, 0.29) is 5.92 Å². The van der Waals surface area contributed by atoms with Gasteiger partial charge in [-0.25, -0.2) is 0 Å². The lowest BCUT2D eigenvalue weighted by Crippen LogP contribution is -2.06. The summed E-state index contributed by atoms with van der Waals surface area (Å²) >= 11 is 1.20. The Bertz CT molecular complexity index is 561. The maximum Gasteiger partial charge on any atom is 0.128 e. The van der Waals surface area contributed by atoms with E-state index in [1.807, 2.05) is 19.9 Å². The third kappa shape index (κ3) is 2.62. The molecule has 1 unspecified atom stereocenters. The second-order valence-corrected chi connectivity index (χ2v) is 5.44. The quantitative estimate of drug-likeness (QED) is 0.918. The van der Waals surface area contributed by atoms with Gasteiger partial charge in [-0.1, -0.05) is 24.4 Å². The number of hydrogen-bond donors (Lipinski definition) is 1. The van der Waals surface area contributed by atoms with Gasteiger partial charge in [0.2, 0.25) is 0 Å². The van der Waals surface area contributed by atoms with Gasteiger partial charge < -0.3 is 14.6 Å². The zero-order valence-electron chi connectivity index (χ0n) is 12.0. The van der Waals surface area contributed by atoms with E-state index in [9.17, 15) is 5.11 Å². The largest absolute Gasteiger partial charge is 0.496 e. The van der Waals surface area contributed by atoms with Gasteiger partial charge in [-0.2, -0.15) is 0 Å². The fourth-order valence-electron chi connectivity index (χ4n) is 2.07. The summed E-state index contributed by atoms with van der Waals surface area (Å²) in [6.45, 7) is 4.04. The number of ether oxygens (including phenoxy) is 2. The Morgan fingerprint density at radius 3 is 2.25 bits per heavy atom. The van der Waals surface area contributed by atoms with E-state index in [1.165, 1.54) is 11.5 Å². The summed E-state index contributed by atoms with van der Waals surface area (Å²) in [6, 6.07) is 5.41. The van der Waals surface area contributed by atoms with Crippen LogP contribution >= 0.6 is 11.5 Å². The van der Waals surface area contributed by atoms with Gasteiger partial charge in [-0.05, 0) is 29.6 Å². The third-order valence-electron chi connectivity index (χ3n) is 3.07. The molecule has 0 aliphatic heterocycles. The van der Waals surface area contributed by atoms with Crippen molar-refractivity contribution < 1.29 is 14.6 Å². The second kappa shape index (κ2) is 6.19. The Kier molecular flexibility index (Phi) is 4.57. The fraction of sp³-hybridized carbons (Fsp3) is 0.429. The summed E-state index contributed by atoms with van der Waals surface area (Å²) < 4.78 is 14.6. The van der Waals surface area contributed by atoms with Gasteiger partial charge in [-0.15, -0.1) is 5.10 Å². The van der Waals surface area contributed by atoms with E-state index in [0.717, 1.165) is 10.6 Å². The average Bonchev–Trinajstić information content (AvgIpc) is 2.95. The number of aliphatic hydroxyl groups excluding tert-OH is 1. The number of hydrogen-bond acceptors (Lipinski definition) is 6. The molecule has 0 aliphatic carbocycles. The first-order valence-corrected chi connectivity index (χ1v) is 7.08. The molecule has 2 rings (SSSR count). The van der Waals surface area contributed by atoms with E-state index in [0.29, 0.717) is 17.1 Å². The highest BCUT2D eigenvalue weighted by molar-refractivity contribution is 7.05. The van der Waals surface area contributed by atoms with Crippen LogP contribution in [0.25, 0.3) is 0 Å². The minimum Gasteiger partial charge on any atom is -0.496 e. The van der Waals surface area contributed by atoms with Crippen molar-refractivity contribution in [3.63, 3.8) is 0 Å². The summed E-state index contributed by atoms with van der Waals surface area (Å²) in [5, 5.41) is 14.8. The normalized spacial score (nSPS) is 12.5. The molecule has 1 heterocycles. The molecule has 0 fully saturated rings. The molecule has 0 spiro atoms. The molecule has 1 atom stereocenters. The lowest BCUT2D eigenvalue weighted by Gasteiger charge is -2.18. The highest BCUT2D eigenvalue weighted by Gasteiger charge is 2.26. The van der Waals surface area contributed by atoms with Gasteiger partial charge in [0.1, 0.15) is 17.6 Å². The Balaban J connectivity index is 2.52. The number of aromatic nitrogens is 2. The first kappa shape index (κ1) is 14.7. The molecule has 108 valence electrons. The average molecular weight is 294 g/mol. The van der Waals surface area contributed by atoms with Crippen LogP contribution in [0.3, 0.4) is 0 Å². The summed E-state index contributed by atoms with van der Waals surface area (Å²) in [4.78, 5) is 0.725. The zero-order valence-corrected chi connectivity index (χ0v) is 12.8. The highest BCUT2D eigenvalue weighted by atomic mass is 32.1. The zero-order chi connectivity index (χ0) is 14.7. The van der Waals surface area contributed by atoms with Crippen LogP contribution in [0.2, 0.25) is 0 Å². The predicted octanol–water partition coefficient (Wildman–Crippen LogP) is 2.76. The Morgan fingerprint density at radius 1 is 1.15 bits per heavy atom. The van der Waals surface area contributed by atoms with Gasteiger partial charge in [0.15, 0.2) is 0 Å². The van der Waals surface area contributed by atoms with E-state index in [4.69, 9.17) is 9.47 Å². The first-order valence-electron chi connectivity index (χ1n) is 6.31. The molecule has 0 radical (unpaired) electrons. The molecule has 1 N–H and O–H groups in total. The molecule has 0 saturated heterocycles. The molecule has 5 nitrogen and oxygen atoms in total. The van der Waals surface area contributed by atoms with Gasteiger partial charge in [0, 0.05) is 0 Å². The van der Waals surface area contributed by atoms with Crippen molar-refractivity contribution in [3.05, 3.63) is 34.3 Å². The third-order valence-corrected chi connectivity index (χ3v) is 3.87. The number of benzene rings is 1. The van der Waals surface area contributed by atoms with Crippen molar-refractivity contribution in [1.82, 2.24) is 9.59 Å². The molecule has 1 aromatic heterocycles. The number of nitrogens with zero attached hydrogens (tertiary/aromatic N) is 2. The number of rotatable bonds is 5. The van der Waals surface area contributed by atoms with Crippen LogP contribution in [-0.4, -0.2) is 28.9 Å². The summed E-state index contributed by atoms with van der Waals surface area (Å²) in [7, 11) is 3.14. The predicted molar refractivity (Wildman–Crippen MR) is 77.6 cm³/mol. The van der Waals surface area contributed by atoms with Crippen molar-refractivity contribution in [1.29, 1.82) is 0 Å². The van der Waals surface area contributed by atoms with Crippen LogP contribution < -0.4 is 9.47 Å². The SMILES string of the molecule is COc1cccc(OC)c1C(O)c1snnc1C(C)C. The summed E-state index contributed by atoms with van der Waals surface area (Å²) in [5.74, 6) is 1.36. The van der Waals surface area contributed by atoms with Crippen molar-refractivity contribution in [2.45, 2.75) is 25.9 Å². The minimum atomic E-state index is -0.863. The van der Waals surface area contributed by atoms with E-state index in [1.54, 1.807) is 26.4 Å². The lowest BCUT2D eigenvalue weighted by atomic mass is 10.0. The van der Waals surface area contributed by atoms with Crippen LogP contribution in [0.5, 0.6) is 11.5 Å². The standard InChI is InChI=1S/C14H18N2O3S/c1-8(2)12-14(20-16-15-12)13(17)11-9(18-3)6-5-7-10(11)19-4/h5-8,13,17H,1-4H3. The topological polar surface area (TPSA) is 64.5 Å². The summed E-state index contributed by atoms with van der Waals surface area (Å²) in [6.07, 6.45) is -0.863. The van der Waals surface area contributed by atoms with Crippen LogP contribution in [0, 0.1) is 0 Å². The monoisotopic (exact) mass is 294 g/mol. The van der Waals surface area contributed by atoms with Crippen molar-refractivity contribution in [2.24, 2.45) is 0 Å². The second-order valence-electron chi connectivity index (χ2n) is 4.66. The molecular weight excluding hydrogens is 276 g/mol.